The van der Waals surface area contributed by atoms with Gasteiger partial charge in [-0.1, -0.05) is 19.3 Å². The molecule has 0 spiro atoms. The number of hydrogen-bond donors (Lipinski definition) is 0. The van der Waals surface area contributed by atoms with Gasteiger partial charge in [-0.3, -0.25) is 0 Å². The van der Waals surface area contributed by atoms with Crippen LogP contribution >= 0.6 is 0 Å². The minimum absolute atomic E-state index is 0.0675. The number of nitrogens with zero attached hydrogens (tertiary/aromatic N) is 1. The molecule has 0 aromatic rings. The fraction of sp³-hybridized carbons (Fsp3) is 1.00. The van der Waals surface area contributed by atoms with E-state index in [4.69, 9.17) is 12.7 Å². The van der Waals surface area contributed by atoms with Gasteiger partial charge in [0.25, 0.3) is 0 Å². The molecule has 0 aromatic carbocycles. The number of rotatable bonds is 2. The van der Waals surface area contributed by atoms with Gasteiger partial charge < -0.3 is 9.55 Å². The van der Waals surface area contributed by atoms with E-state index in [1.165, 1.54) is 32.1 Å². The third-order valence-corrected chi connectivity index (χ3v) is 4.54. The Morgan fingerprint density at radius 3 is 2.80 bits per heavy atom. The van der Waals surface area contributed by atoms with Gasteiger partial charge in [0.2, 0.25) is 0 Å². The lowest BCUT2D eigenvalue weighted by molar-refractivity contribution is -0.0411. The molecule has 2 nitrogen and oxygen atoms in total. The molecule has 1 aliphatic carbocycles. The lowest BCUT2D eigenvalue weighted by Crippen LogP contribution is -2.60. The number of ether oxygens (including phenoxy) is 1. The van der Waals surface area contributed by atoms with Crippen molar-refractivity contribution in [3.63, 3.8) is 0 Å². The van der Waals surface area contributed by atoms with Crippen molar-refractivity contribution in [2.45, 2.75) is 44.6 Å². The van der Waals surface area contributed by atoms with Crippen LogP contribution in [0.15, 0.2) is 0 Å². The van der Waals surface area contributed by atoms with Gasteiger partial charge in [-0.2, -0.15) is 0 Å². The Morgan fingerprint density at radius 2 is 2.07 bits per heavy atom. The van der Waals surface area contributed by atoms with Gasteiger partial charge in [-0.25, -0.2) is 0 Å². The summed E-state index contributed by atoms with van der Waals surface area (Å²) in [4.78, 5) is 2.03. The molecule has 3 atom stereocenters. The summed E-state index contributed by atoms with van der Waals surface area (Å²) in [6, 6.07) is 0. The first-order valence-corrected chi connectivity index (χ1v) is 6.20. The molecule has 0 amide bonds. The van der Waals surface area contributed by atoms with Crippen molar-refractivity contribution in [3.8, 4) is 0 Å². The maximum atomic E-state index is 6.16. The van der Waals surface area contributed by atoms with Gasteiger partial charge in [0.1, 0.15) is 0 Å². The van der Waals surface area contributed by atoms with Gasteiger partial charge in [0.05, 0.1) is 6.61 Å². The van der Waals surface area contributed by atoms with Crippen molar-refractivity contribution in [3.05, 3.63) is 0 Å². The fourth-order valence-corrected chi connectivity index (χ4v) is 3.63. The molecule has 0 aromatic heterocycles. The summed E-state index contributed by atoms with van der Waals surface area (Å²) < 4.78 is 5.38. The molecule has 0 N–H and O–H groups in total. The normalized spacial score (nSPS) is 42.5. The topological polar surface area (TPSA) is 12.5 Å². The van der Waals surface area contributed by atoms with Crippen molar-refractivity contribution in [2.75, 3.05) is 20.3 Å². The zero-order valence-electron chi connectivity index (χ0n) is 10.0. The van der Waals surface area contributed by atoms with Crippen molar-refractivity contribution in [1.29, 1.82) is 0 Å². The first-order chi connectivity index (χ1) is 7.18. The van der Waals surface area contributed by atoms with E-state index >= 15 is 0 Å². The summed E-state index contributed by atoms with van der Waals surface area (Å²) in [5.74, 6) is 1.63. The molecular weight excluding hydrogens is 185 g/mol. The van der Waals surface area contributed by atoms with E-state index in [1.54, 1.807) is 7.11 Å². The zero-order valence-corrected chi connectivity index (χ0v) is 10.0. The number of hydrogen-bond acceptors (Lipinski definition) is 2. The Kier molecular flexibility index (Phi) is 3.41. The Balaban J connectivity index is 2.15. The monoisotopic (exact) mass is 207 g/mol. The largest absolute Gasteiger partial charge is 0.383 e. The Hall–Kier alpha value is -0.0151. The zero-order chi connectivity index (χ0) is 10.9. The number of fused-ring (bicyclic) bond motifs is 1. The summed E-state index contributed by atoms with van der Waals surface area (Å²) in [6.45, 7) is 4.07. The van der Waals surface area contributed by atoms with Crippen LogP contribution in [0.5, 0.6) is 0 Å². The van der Waals surface area contributed by atoms with Crippen LogP contribution in [0, 0.1) is 11.8 Å². The molecule has 1 saturated heterocycles. The number of piperidine rings is 1. The van der Waals surface area contributed by atoms with E-state index in [9.17, 15) is 0 Å². The quantitative estimate of drug-likeness (QED) is 0.642. The predicted molar refractivity (Wildman–Crippen MR) is 62.8 cm³/mol. The molecule has 2 radical (unpaired) electrons. The molecule has 3 heteroatoms. The maximum Gasteiger partial charge on any atom is 0.183 e. The van der Waals surface area contributed by atoms with Crippen LogP contribution in [0.3, 0.4) is 0 Å². The van der Waals surface area contributed by atoms with Crippen LogP contribution in [0.2, 0.25) is 0 Å². The first kappa shape index (κ1) is 11.5. The van der Waals surface area contributed by atoms with E-state index in [-0.39, 0.29) is 5.54 Å². The van der Waals surface area contributed by atoms with Gasteiger partial charge in [0, 0.05) is 12.6 Å². The molecule has 0 bridgehead atoms. The molecule has 15 heavy (non-hydrogen) atoms. The molecule has 2 fully saturated rings. The van der Waals surface area contributed by atoms with Gasteiger partial charge in [-0.15, -0.1) is 0 Å². The average molecular weight is 207 g/mol. The van der Waals surface area contributed by atoms with Gasteiger partial charge in [0.15, 0.2) is 7.98 Å². The Labute approximate surface area is 94.8 Å². The predicted octanol–water partition coefficient (Wildman–Crippen LogP) is 1.99. The van der Waals surface area contributed by atoms with Crippen molar-refractivity contribution >= 4 is 7.98 Å². The van der Waals surface area contributed by atoms with Gasteiger partial charge in [-0.05, 0) is 38.1 Å². The lowest BCUT2D eigenvalue weighted by Gasteiger charge is -2.54. The third-order valence-electron chi connectivity index (χ3n) is 4.54. The highest BCUT2D eigenvalue weighted by Crippen LogP contribution is 2.44. The molecular formula is C12H22BNO. The minimum Gasteiger partial charge on any atom is -0.383 e. The highest BCUT2D eigenvalue weighted by atomic mass is 16.5. The molecule has 1 aliphatic heterocycles. The molecule has 1 heterocycles. The molecule has 3 unspecified atom stereocenters. The van der Waals surface area contributed by atoms with E-state index in [2.05, 4.69) is 6.92 Å². The highest BCUT2D eigenvalue weighted by Gasteiger charge is 2.45. The summed E-state index contributed by atoms with van der Waals surface area (Å²) in [5, 5.41) is 0. The van der Waals surface area contributed by atoms with E-state index in [0.717, 1.165) is 25.0 Å². The second-order valence-corrected chi connectivity index (χ2v) is 5.42. The summed E-state index contributed by atoms with van der Waals surface area (Å²) >= 11 is 0. The van der Waals surface area contributed by atoms with Crippen LogP contribution in [-0.2, 0) is 4.74 Å². The van der Waals surface area contributed by atoms with E-state index in [0.29, 0.717) is 0 Å². The average Bonchev–Trinajstić information content (AvgIpc) is 2.25. The third kappa shape index (κ3) is 1.96. The van der Waals surface area contributed by atoms with Crippen molar-refractivity contribution < 1.29 is 4.74 Å². The standard InChI is InChI=1S/C12H22BNO/c1-12(9-15-2)11-6-4-3-5-10(11)7-8-14(12)13/h10-11H,3-9H2,1-2H3. The van der Waals surface area contributed by atoms with Crippen LogP contribution in [0.1, 0.15) is 39.0 Å². The summed E-state index contributed by atoms with van der Waals surface area (Å²) in [7, 11) is 7.94. The van der Waals surface area contributed by atoms with Crippen molar-refractivity contribution in [1.82, 2.24) is 4.81 Å². The molecule has 2 rings (SSSR count). The minimum atomic E-state index is 0.0675. The molecule has 84 valence electrons. The van der Waals surface area contributed by atoms with Crippen LogP contribution in [-0.4, -0.2) is 38.6 Å². The highest BCUT2D eigenvalue weighted by molar-refractivity contribution is 6.05. The van der Waals surface area contributed by atoms with Crippen LogP contribution in [0.4, 0.5) is 0 Å². The lowest BCUT2D eigenvalue weighted by atomic mass is 9.64. The van der Waals surface area contributed by atoms with E-state index in [1.807, 2.05) is 4.81 Å². The second-order valence-electron chi connectivity index (χ2n) is 5.42. The SMILES string of the molecule is [B]N1CCC2CCCCC2C1(C)COC. The summed E-state index contributed by atoms with van der Waals surface area (Å²) in [5.41, 5.74) is 0.0675. The van der Waals surface area contributed by atoms with Gasteiger partial charge >= 0.3 is 0 Å². The van der Waals surface area contributed by atoms with Crippen molar-refractivity contribution in [2.24, 2.45) is 11.8 Å². The van der Waals surface area contributed by atoms with E-state index < -0.39 is 0 Å². The molecule has 2 aliphatic rings. The molecule has 1 saturated carbocycles. The smallest absolute Gasteiger partial charge is 0.183 e. The second kappa shape index (κ2) is 4.46. The fourth-order valence-electron chi connectivity index (χ4n) is 3.63. The maximum absolute atomic E-state index is 6.16. The Morgan fingerprint density at radius 1 is 1.33 bits per heavy atom. The van der Waals surface area contributed by atoms with Crippen LogP contribution < -0.4 is 0 Å². The van der Waals surface area contributed by atoms with Crippen LogP contribution in [0.25, 0.3) is 0 Å². The Bertz CT molecular complexity index is 224. The summed E-state index contributed by atoms with van der Waals surface area (Å²) in [6.07, 6.45) is 6.79. The number of methoxy groups -OCH3 is 1. The first-order valence-electron chi connectivity index (χ1n) is 6.20.